The number of aliphatic imine (C=N–C) groups is 2. The van der Waals surface area contributed by atoms with Crippen molar-refractivity contribution in [3.8, 4) is 17.6 Å². The Morgan fingerprint density at radius 3 is 2.65 bits per heavy atom. The van der Waals surface area contributed by atoms with Gasteiger partial charge in [0.05, 0.1) is 31.8 Å². The number of carbonyl (C=O) groups is 3. The summed E-state index contributed by atoms with van der Waals surface area (Å²) >= 11 is 1.57. The van der Waals surface area contributed by atoms with Gasteiger partial charge in [0.15, 0.2) is 0 Å². The van der Waals surface area contributed by atoms with Gasteiger partial charge in [0.2, 0.25) is 0 Å². The minimum Gasteiger partial charge on any atom is -0.497 e. The molecule has 0 spiro atoms. The molecule has 5 N–H and O–H groups in total. The molecule has 222 valence electrons. The fourth-order valence-corrected chi connectivity index (χ4v) is 5.27. The highest BCUT2D eigenvalue weighted by Gasteiger charge is 2.46. The predicted molar refractivity (Wildman–Crippen MR) is 169 cm³/mol. The van der Waals surface area contributed by atoms with Crippen molar-refractivity contribution >= 4 is 46.3 Å². The summed E-state index contributed by atoms with van der Waals surface area (Å²) in [7, 11) is 1.61. The molecule has 1 heterocycles. The second-order valence-electron chi connectivity index (χ2n) is 10.5. The molecule has 0 atom stereocenters. The van der Waals surface area contributed by atoms with Crippen molar-refractivity contribution in [2.75, 3.05) is 26.0 Å². The van der Waals surface area contributed by atoms with Crippen LogP contribution in [0.3, 0.4) is 0 Å². The van der Waals surface area contributed by atoms with Gasteiger partial charge in [-0.05, 0) is 72.6 Å². The number of nitrogens with two attached hydrogens (primary N) is 1. The van der Waals surface area contributed by atoms with Gasteiger partial charge in [-0.2, -0.15) is 0 Å². The van der Waals surface area contributed by atoms with E-state index in [2.05, 4.69) is 37.8 Å². The minimum atomic E-state index is -0.804. The molecule has 0 radical (unpaired) electrons. The lowest BCUT2D eigenvalue weighted by Crippen LogP contribution is -2.40. The molecule has 0 unspecified atom stereocenters. The molecule has 11 heteroatoms. The van der Waals surface area contributed by atoms with E-state index in [1.807, 2.05) is 18.2 Å². The first-order valence-electron chi connectivity index (χ1n) is 14.2. The van der Waals surface area contributed by atoms with Crippen molar-refractivity contribution in [3.05, 3.63) is 70.9 Å². The molecule has 2 aromatic rings. The minimum absolute atomic E-state index is 0.0102. The zero-order valence-corrected chi connectivity index (χ0v) is 24.8. The van der Waals surface area contributed by atoms with Crippen LogP contribution in [0.25, 0.3) is 5.57 Å². The van der Waals surface area contributed by atoms with E-state index in [1.165, 1.54) is 6.20 Å². The Labute approximate surface area is 255 Å². The number of amides is 3. The summed E-state index contributed by atoms with van der Waals surface area (Å²) in [6.07, 6.45) is 7.05. The molecule has 0 saturated heterocycles. The van der Waals surface area contributed by atoms with Crippen LogP contribution in [0.2, 0.25) is 0 Å². The fraction of sp³-hybridized carbons (Fsp3) is 0.344. The number of allylic oxidation sites excluding steroid dienone is 1. The number of nitrogens with zero attached hydrogens (tertiary/aromatic N) is 2. The summed E-state index contributed by atoms with van der Waals surface area (Å²) in [6.45, 7) is 0.792. The van der Waals surface area contributed by atoms with Crippen LogP contribution >= 0.6 is 11.8 Å². The van der Waals surface area contributed by atoms with Gasteiger partial charge >= 0.3 is 11.8 Å². The van der Waals surface area contributed by atoms with Crippen LogP contribution < -0.4 is 26.4 Å². The summed E-state index contributed by atoms with van der Waals surface area (Å²) in [6, 6.07) is 13.2. The van der Waals surface area contributed by atoms with Gasteiger partial charge in [-0.3, -0.25) is 24.4 Å². The molecular formula is C32H34N6O4S. The lowest BCUT2D eigenvalue weighted by molar-refractivity contribution is -0.139. The van der Waals surface area contributed by atoms with Gasteiger partial charge in [0.1, 0.15) is 10.8 Å². The number of rotatable bonds is 10. The van der Waals surface area contributed by atoms with Crippen LogP contribution in [0.15, 0.2) is 58.6 Å². The number of thioether (sulfide) groups is 1. The third kappa shape index (κ3) is 7.84. The summed E-state index contributed by atoms with van der Waals surface area (Å²) in [5.74, 6) is 5.36. The van der Waals surface area contributed by atoms with E-state index in [4.69, 9.17) is 10.5 Å². The van der Waals surface area contributed by atoms with Crippen molar-refractivity contribution in [3.63, 3.8) is 0 Å². The Hall–Kier alpha value is -4.56. The molecular weight excluding hydrogens is 564 g/mol. The Balaban J connectivity index is 1.23. The Morgan fingerprint density at radius 2 is 1.95 bits per heavy atom. The normalized spacial score (nSPS) is 17.0. The first-order valence-corrected chi connectivity index (χ1v) is 15.2. The molecule has 2 aromatic carbocycles. The number of carbonyl (C=O) groups excluding carboxylic acids is 3. The number of nitrogens with one attached hydrogen (secondary N) is 3. The van der Waals surface area contributed by atoms with E-state index in [9.17, 15) is 14.4 Å². The summed E-state index contributed by atoms with van der Waals surface area (Å²) in [5, 5.41) is 9.03. The van der Waals surface area contributed by atoms with Crippen molar-refractivity contribution < 1.29 is 19.1 Å². The van der Waals surface area contributed by atoms with E-state index in [1.54, 1.807) is 49.4 Å². The maximum atomic E-state index is 13.6. The topological polar surface area (TPSA) is 147 Å². The smallest absolute Gasteiger partial charge is 0.310 e. The lowest BCUT2D eigenvalue weighted by Gasteiger charge is -2.21. The average Bonchev–Trinajstić information content (AvgIpc) is 3.96. The van der Waals surface area contributed by atoms with Gasteiger partial charge < -0.3 is 26.4 Å². The second-order valence-corrected chi connectivity index (χ2v) is 11.6. The van der Waals surface area contributed by atoms with E-state index in [0.29, 0.717) is 22.9 Å². The van der Waals surface area contributed by atoms with E-state index < -0.39 is 17.4 Å². The number of methoxy groups -OCH3 is 1. The molecule has 0 bridgehead atoms. The first-order chi connectivity index (χ1) is 20.9. The number of benzene rings is 2. The van der Waals surface area contributed by atoms with Crippen molar-refractivity contribution in [2.45, 2.75) is 43.8 Å². The van der Waals surface area contributed by atoms with E-state index >= 15 is 0 Å². The lowest BCUT2D eigenvalue weighted by atomic mass is 9.97. The largest absolute Gasteiger partial charge is 0.497 e. The third-order valence-corrected chi connectivity index (χ3v) is 8.20. The molecule has 2 fully saturated rings. The highest BCUT2D eigenvalue weighted by atomic mass is 32.2. The highest BCUT2D eigenvalue weighted by Crippen LogP contribution is 2.47. The second kappa shape index (κ2) is 13.6. The van der Waals surface area contributed by atoms with E-state index in [0.717, 1.165) is 59.7 Å². The van der Waals surface area contributed by atoms with Crippen LogP contribution in [-0.2, 0) is 21.7 Å². The molecule has 2 aliphatic carbocycles. The van der Waals surface area contributed by atoms with Gasteiger partial charge in [-0.1, -0.05) is 35.9 Å². The van der Waals surface area contributed by atoms with Gasteiger partial charge in [0, 0.05) is 35.8 Å². The molecule has 2 saturated carbocycles. The average molecular weight is 599 g/mol. The van der Waals surface area contributed by atoms with Crippen LogP contribution in [0.1, 0.15) is 52.7 Å². The molecule has 3 aliphatic rings. The van der Waals surface area contributed by atoms with Gasteiger partial charge in [0.25, 0.3) is 5.91 Å². The molecule has 1 aliphatic heterocycles. The number of hydrogen-bond acceptors (Lipinski definition) is 8. The Kier molecular flexibility index (Phi) is 9.47. The maximum absolute atomic E-state index is 13.6. The van der Waals surface area contributed by atoms with Crippen LogP contribution in [0.4, 0.5) is 0 Å². The van der Waals surface area contributed by atoms with Gasteiger partial charge in [-0.15, -0.1) is 0 Å². The Morgan fingerprint density at radius 1 is 1.16 bits per heavy atom. The van der Waals surface area contributed by atoms with Crippen molar-refractivity contribution in [2.24, 2.45) is 15.7 Å². The molecule has 0 aromatic heterocycles. The summed E-state index contributed by atoms with van der Waals surface area (Å²) in [5.41, 5.74) is 8.95. The maximum Gasteiger partial charge on any atom is 0.310 e. The van der Waals surface area contributed by atoms with Crippen LogP contribution in [-0.4, -0.2) is 61.0 Å². The molecule has 3 amide bonds. The number of hydrogen-bond donors (Lipinski definition) is 4. The molecule has 43 heavy (non-hydrogen) atoms. The zero-order chi connectivity index (χ0) is 30.2. The van der Waals surface area contributed by atoms with Crippen LogP contribution in [0.5, 0.6) is 5.75 Å². The fourth-order valence-electron chi connectivity index (χ4n) is 4.57. The zero-order valence-electron chi connectivity index (χ0n) is 23.9. The van der Waals surface area contributed by atoms with Crippen molar-refractivity contribution in [1.82, 2.24) is 16.0 Å². The SMILES string of the molecule is COc1cc(/C(C=NC2CC2)=C/N)cc(C2(NC(=O)c3ccccc3CNC(=O)C(=O)NCC#CC3=NCCS3)CC2)c1. The standard InChI is InChI=1S/C32H34N6O4S/c1-42-26-16-22(23(18-33)20-36-25-8-9-25)15-24(17-26)32(10-11-32)38-29(39)27-6-3-2-5-21(27)19-37-31(41)30(40)35-12-4-7-28-34-13-14-43-28/h2-3,5-6,15-18,20,25H,8-14,19,33H2,1H3,(H,35,40)(H,37,41)(H,38,39)/b23-18+,36-20?. The summed E-state index contributed by atoms with van der Waals surface area (Å²) in [4.78, 5) is 47.0. The van der Waals surface area contributed by atoms with Gasteiger partial charge in [-0.25, -0.2) is 0 Å². The van der Waals surface area contributed by atoms with E-state index in [-0.39, 0.29) is 19.0 Å². The monoisotopic (exact) mass is 598 g/mol. The quantitative estimate of drug-likeness (QED) is 0.188. The highest BCUT2D eigenvalue weighted by molar-refractivity contribution is 8.14. The predicted octanol–water partition coefficient (Wildman–Crippen LogP) is 2.53. The number of ether oxygens (including phenoxy) is 1. The third-order valence-electron chi connectivity index (χ3n) is 7.31. The van der Waals surface area contributed by atoms with Crippen LogP contribution in [0, 0.1) is 11.8 Å². The Bertz CT molecular complexity index is 1560. The van der Waals surface area contributed by atoms with Crippen molar-refractivity contribution in [1.29, 1.82) is 0 Å². The summed E-state index contributed by atoms with van der Waals surface area (Å²) < 4.78 is 5.58. The molecule has 5 rings (SSSR count). The molecule has 10 nitrogen and oxygen atoms in total. The first kappa shape index (κ1) is 29.9.